The van der Waals surface area contributed by atoms with Gasteiger partial charge < -0.3 is 19.7 Å². The highest BCUT2D eigenvalue weighted by Crippen LogP contribution is 2.48. The summed E-state index contributed by atoms with van der Waals surface area (Å²) in [7, 11) is 0. The second-order valence-corrected chi connectivity index (χ2v) is 8.52. The second kappa shape index (κ2) is 7.22. The molecule has 1 aromatic rings. The minimum Gasteiger partial charge on any atom is -0.488 e. The molecule has 0 aliphatic carbocycles. The Hall–Kier alpha value is -2.38. The Balaban J connectivity index is 1.78. The summed E-state index contributed by atoms with van der Waals surface area (Å²) in [5.41, 5.74) is -1.25. The molecule has 2 aliphatic heterocycles. The summed E-state index contributed by atoms with van der Waals surface area (Å²) in [6, 6.07) is 1.70. The number of benzene rings is 1. The van der Waals surface area contributed by atoms with Gasteiger partial charge in [0.15, 0.2) is 11.6 Å². The summed E-state index contributed by atoms with van der Waals surface area (Å²) in [4.78, 5) is 26.2. The third-order valence-electron chi connectivity index (χ3n) is 5.33. The monoisotopic (exact) mass is 396 g/mol. The van der Waals surface area contributed by atoms with Crippen LogP contribution in [0.3, 0.4) is 0 Å². The van der Waals surface area contributed by atoms with E-state index in [0.717, 1.165) is 12.1 Å². The molecular weight excluding hydrogens is 370 g/mol. The van der Waals surface area contributed by atoms with E-state index in [4.69, 9.17) is 9.47 Å². The highest BCUT2D eigenvalue weighted by molar-refractivity contribution is 5.83. The number of hydrogen-bond donors (Lipinski definition) is 1. The lowest BCUT2D eigenvalue weighted by Crippen LogP contribution is -2.61. The summed E-state index contributed by atoms with van der Waals surface area (Å²) in [6.07, 6.45) is 0.567. The van der Waals surface area contributed by atoms with Gasteiger partial charge in [-0.2, -0.15) is 0 Å². The molecule has 154 valence electrons. The van der Waals surface area contributed by atoms with Crippen molar-refractivity contribution in [2.75, 3.05) is 19.7 Å². The van der Waals surface area contributed by atoms with Crippen molar-refractivity contribution in [3.63, 3.8) is 0 Å². The number of fused-ring (bicyclic) bond motifs is 3. The molecule has 0 bridgehead atoms. The van der Waals surface area contributed by atoms with E-state index in [1.807, 2.05) is 6.92 Å². The highest BCUT2D eigenvalue weighted by Gasteiger charge is 2.50. The van der Waals surface area contributed by atoms with Gasteiger partial charge in [-0.25, -0.2) is 13.6 Å². The van der Waals surface area contributed by atoms with E-state index in [0.29, 0.717) is 19.4 Å². The van der Waals surface area contributed by atoms with Crippen LogP contribution in [0.1, 0.15) is 46.1 Å². The number of nitrogens with zero attached hydrogens (tertiary/aromatic N) is 1. The topological polar surface area (TPSA) is 67.9 Å². The fraction of sp³-hybridized carbons (Fsp3) is 0.600. The number of carbonyl (C=O) groups is 2. The van der Waals surface area contributed by atoms with Crippen LogP contribution in [0.4, 0.5) is 13.6 Å². The standard InChI is InChI=1S/C20H26F2N2O4/c1-19(2,3)28-18(26)23-10-15(25)24-9-5-8-20(4)14(24)11-27-17-13(22)7-6-12(21)16(17)20/h6-7,14H,5,8-11H2,1-4H3,(H,23,26)/t14-,20-/m1/s1. The van der Waals surface area contributed by atoms with Gasteiger partial charge in [-0.15, -0.1) is 0 Å². The van der Waals surface area contributed by atoms with E-state index < -0.39 is 34.8 Å². The average Bonchev–Trinajstić information content (AvgIpc) is 2.59. The molecule has 0 unspecified atom stereocenters. The van der Waals surface area contributed by atoms with Gasteiger partial charge in [-0.05, 0) is 45.7 Å². The van der Waals surface area contributed by atoms with E-state index in [1.165, 1.54) is 0 Å². The number of amides is 2. The number of halogens is 2. The van der Waals surface area contributed by atoms with Crippen molar-refractivity contribution in [1.29, 1.82) is 0 Å². The minimum atomic E-state index is -0.764. The summed E-state index contributed by atoms with van der Waals surface area (Å²) in [5.74, 6) is -1.53. The molecule has 8 heteroatoms. The van der Waals surface area contributed by atoms with Crippen LogP contribution in [0.25, 0.3) is 0 Å². The molecule has 28 heavy (non-hydrogen) atoms. The van der Waals surface area contributed by atoms with Gasteiger partial charge in [0, 0.05) is 17.5 Å². The molecule has 1 fully saturated rings. The number of ether oxygens (including phenoxy) is 2. The fourth-order valence-electron chi connectivity index (χ4n) is 4.08. The number of likely N-dealkylation sites (tertiary alicyclic amines) is 1. The summed E-state index contributed by atoms with van der Waals surface area (Å²) >= 11 is 0. The molecular formula is C20H26F2N2O4. The van der Waals surface area contributed by atoms with Crippen molar-refractivity contribution < 1.29 is 27.8 Å². The first-order valence-electron chi connectivity index (χ1n) is 9.40. The molecule has 0 spiro atoms. The van der Waals surface area contributed by atoms with E-state index >= 15 is 0 Å². The Morgan fingerprint density at radius 1 is 1.32 bits per heavy atom. The van der Waals surface area contributed by atoms with Gasteiger partial charge in [0.2, 0.25) is 5.91 Å². The van der Waals surface area contributed by atoms with Crippen LogP contribution in [0.5, 0.6) is 5.75 Å². The van der Waals surface area contributed by atoms with E-state index in [9.17, 15) is 18.4 Å². The molecule has 3 rings (SSSR count). The Labute approximate surface area is 163 Å². The zero-order chi connectivity index (χ0) is 20.7. The first-order valence-corrected chi connectivity index (χ1v) is 9.40. The normalized spacial score (nSPS) is 23.9. The molecule has 1 aromatic carbocycles. The van der Waals surface area contributed by atoms with E-state index in [1.54, 1.807) is 25.7 Å². The van der Waals surface area contributed by atoms with E-state index in [2.05, 4.69) is 5.32 Å². The van der Waals surface area contributed by atoms with Crippen LogP contribution in [-0.4, -0.2) is 48.2 Å². The first kappa shape index (κ1) is 20.4. The predicted molar refractivity (Wildman–Crippen MR) is 98.2 cm³/mol. The van der Waals surface area contributed by atoms with Crippen molar-refractivity contribution in [2.45, 2.75) is 57.6 Å². The quantitative estimate of drug-likeness (QED) is 0.834. The Kier molecular flexibility index (Phi) is 5.25. The maximum absolute atomic E-state index is 14.6. The van der Waals surface area contributed by atoms with Crippen LogP contribution in [0, 0.1) is 11.6 Å². The van der Waals surface area contributed by atoms with Gasteiger partial charge in [0.1, 0.15) is 24.6 Å². The first-order chi connectivity index (χ1) is 13.0. The fourth-order valence-corrected chi connectivity index (χ4v) is 4.08. The maximum atomic E-state index is 14.6. The molecule has 2 heterocycles. The third-order valence-corrected chi connectivity index (χ3v) is 5.33. The number of hydrogen-bond acceptors (Lipinski definition) is 4. The lowest BCUT2D eigenvalue weighted by molar-refractivity contribution is -0.138. The Bertz CT molecular complexity index is 793. The lowest BCUT2D eigenvalue weighted by atomic mass is 9.68. The summed E-state index contributed by atoms with van der Waals surface area (Å²) in [6.45, 7) is 7.33. The predicted octanol–water partition coefficient (Wildman–Crippen LogP) is 3.13. The average molecular weight is 396 g/mol. The zero-order valence-corrected chi connectivity index (χ0v) is 16.6. The third kappa shape index (κ3) is 3.77. The van der Waals surface area contributed by atoms with Crippen molar-refractivity contribution in [3.05, 3.63) is 29.3 Å². The van der Waals surface area contributed by atoms with Crippen LogP contribution in [0.2, 0.25) is 0 Å². The Morgan fingerprint density at radius 3 is 2.68 bits per heavy atom. The van der Waals surface area contributed by atoms with Crippen LogP contribution in [0.15, 0.2) is 12.1 Å². The number of piperidine rings is 1. The molecule has 0 radical (unpaired) electrons. The largest absolute Gasteiger partial charge is 0.488 e. The SMILES string of the molecule is CC(C)(C)OC(=O)NCC(=O)N1CCC[C@@]2(C)c3c(F)ccc(F)c3OC[C@@H]12. The Morgan fingerprint density at radius 2 is 2.00 bits per heavy atom. The van der Waals surface area contributed by atoms with Gasteiger partial charge in [0.05, 0.1) is 6.04 Å². The van der Waals surface area contributed by atoms with Crippen LogP contribution < -0.4 is 10.1 Å². The number of carbonyl (C=O) groups excluding carboxylic acids is 2. The molecule has 1 saturated heterocycles. The number of nitrogens with one attached hydrogen (secondary N) is 1. The smallest absolute Gasteiger partial charge is 0.408 e. The van der Waals surface area contributed by atoms with Gasteiger partial charge in [0.25, 0.3) is 0 Å². The molecule has 2 aliphatic rings. The summed E-state index contributed by atoms with van der Waals surface area (Å²) in [5, 5.41) is 2.46. The molecule has 0 saturated carbocycles. The van der Waals surface area contributed by atoms with Crippen molar-refractivity contribution in [3.8, 4) is 5.75 Å². The number of alkyl carbamates (subject to hydrolysis) is 1. The van der Waals surface area contributed by atoms with Gasteiger partial charge in [-0.1, -0.05) is 6.92 Å². The van der Waals surface area contributed by atoms with Crippen molar-refractivity contribution in [2.24, 2.45) is 0 Å². The zero-order valence-electron chi connectivity index (χ0n) is 16.6. The molecule has 2 atom stereocenters. The van der Waals surface area contributed by atoms with Gasteiger partial charge in [-0.3, -0.25) is 4.79 Å². The van der Waals surface area contributed by atoms with Crippen molar-refractivity contribution >= 4 is 12.0 Å². The number of rotatable bonds is 2. The molecule has 2 amide bonds. The van der Waals surface area contributed by atoms with E-state index in [-0.39, 0.29) is 30.4 Å². The van der Waals surface area contributed by atoms with Crippen LogP contribution >= 0.6 is 0 Å². The molecule has 1 N–H and O–H groups in total. The minimum absolute atomic E-state index is 0.0695. The van der Waals surface area contributed by atoms with Gasteiger partial charge >= 0.3 is 6.09 Å². The summed E-state index contributed by atoms with van der Waals surface area (Å²) < 4.78 is 39.4. The van der Waals surface area contributed by atoms with Crippen LogP contribution in [-0.2, 0) is 14.9 Å². The second-order valence-electron chi connectivity index (χ2n) is 8.52. The maximum Gasteiger partial charge on any atom is 0.408 e. The lowest BCUT2D eigenvalue weighted by Gasteiger charge is -2.51. The van der Waals surface area contributed by atoms with Crippen molar-refractivity contribution in [1.82, 2.24) is 10.2 Å². The highest BCUT2D eigenvalue weighted by atomic mass is 19.1. The molecule has 0 aromatic heterocycles. The molecule has 6 nitrogen and oxygen atoms in total.